The molecule has 0 unspecified atom stereocenters. The fourth-order valence-corrected chi connectivity index (χ4v) is 2.20. The highest BCUT2D eigenvalue weighted by atomic mass is 35.5. The number of nitrogens with one attached hydrogen (secondary N) is 1. The molecule has 0 atom stereocenters. The molecule has 20 heavy (non-hydrogen) atoms. The Morgan fingerprint density at radius 1 is 1.00 bits per heavy atom. The number of hydrogen-bond acceptors (Lipinski definition) is 2. The number of halogens is 3. The average molecular weight is 330 g/mol. The number of anilines is 1. The van der Waals surface area contributed by atoms with Gasteiger partial charge in [0, 0.05) is 12.1 Å². The highest BCUT2D eigenvalue weighted by Gasteiger charge is 2.11. The zero-order valence-electron chi connectivity index (χ0n) is 10.3. The largest absolute Gasteiger partial charge is 0.326 e. The summed E-state index contributed by atoms with van der Waals surface area (Å²) in [4.78, 5) is 12.1. The molecule has 2 aromatic rings. The number of carbonyl (C=O) groups excluding carboxylic acids is 1. The van der Waals surface area contributed by atoms with Gasteiger partial charge in [-0.2, -0.15) is 0 Å². The van der Waals surface area contributed by atoms with Crippen LogP contribution in [-0.4, -0.2) is 5.91 Å². The summed E-state index contributed by atoms with van der Waals surface area (Å²) in [5, 5.41) is 3.67. The number of hydrogen-bond donors (Lipinski definition) is 2. The van der Waals surface area contributed by atoms with Gasteiger partial charge >= 0.3 is 0 Å². The standard InChI is InChI=1S/C14H11Cl3N2O/c15-10-5-12(17)13(6-11(10)16)19-14(20)9-3-1-8(7-18)2-4-9/h1-6H,7,18H2,(H,19,20). The van der Waals surface area contributed by atoms with Gasteiger partial charge in [-0.1, -0.05) is 46.9 Å². The first-order valence-electron chi connectivity index (χ1n) is 5.76. The molecule has 0 spiro atoms. The van der Waals surface area contributed by atoms with Crippen molar-refractivity contribution in [2.75, 3.05) is 5.32 Å². The second-order valence-corrected chi connectivity index (χ2v) is 5.32. The molecule has 6 heteroatoms. The van der Waals surface area contributed by atoms with Crippen molar-refractivity contribution in [2.45, 2.75) is 6.54 Å². The van der Waals surface area contributed by atoms with E-state index in [4.69, 9.17) is 40.5 Å². The minimum absolute atomic E-state index is 0.283. The van der Waals surface area contributed by atoms with Crippen LogP contribution in [0.2, 0.25) is 15.1 Å². The first kappa shape index (κ1) is 15.1. The van der Waals surface area contributed by atoms with Crippen LogP contribution in [0.1, 0.15) is 15.9 Å². The average Bonchev–Trinajstić information content (AvgIpc) is 2.44. The van der Waals surface area contributed by atoms with Crippen LogP contribution in [0.15, 0.2) is 36.4 Å². The normalized spacial score (nSPS) is 10.4. The third-order valence-corrected chi connectivity index (χ3v) is 3.74. The second kappa shape index (κ2) is 6.46. The molecule has 0 aliphatic rings. The summed E-state index contributed by atoms with van der Waals surface area (Å²) in [5.41, 5.74) is 7.37. The second-order valence-electron chi connectivity index (χ2n) is 4.10. The quantitative estimate of drug-likeness (QED) is 0.822. The predicted octanol–water partition coefficient (Wildman–Crippen LogP) is 4.36. The monoisotopic (exact) mass is 328 g/mol. The van der Waals surface area contributed by atoms with E-state index in [-0.39, 0.29) is 5.91 Å². The third-order valence-electron chi connectivity index (χ3n) is 2.71. The van der Waals surface area contributed by atoms with Crippen LogP contribution < -0.4 is 11.1 Å². The van der Waals surface area contributed by atoms with E-state index in [1.807, 2.05) is 0 Å². The van der Waals surface area contributed by atoms with E-state index in [2.05, 4.69) is 5.32 Å². The van der Waals surface area contributed by atoms with Gasteiger partial charge in [0.05, 0.1) is 20.8 Å². The number of nitrogens with two attached hydrogens (primary N) is 1. The Kier molecular flexibility index (Phi) is 4.89. The first-order valence-corrected chi connectivity index (χ1v) is 6.89. The van der Waals surface area contributed by atoms with Gasteiger partial charge in [-0.3, -0.25) is 4.79 Å². The van der Waals surface area contributed by atoms with Gasteiger partial charge < -0.3 is 11.1 Å². The van der Waals surface area contributed by atoms with Crippen molar-refractivity contribution < 1.29 is 4.79 Å². The number of carbonyl (C=O) groups is 1. The summed E-state index contributed by atoms with van der Waals surface area (Å²) >= 11 is 17.7. The van der Waals surface area contributed by atoms with E-state index < -0.39 is 0 Å². The maximum absolute atomic E-state index is 12.1. The van der Waals surface area contributed by atoms with Gasteiger partial charge in [-0.25, -0.2) is 0 Å². The van der Waals surface area contributed by atoms with Crippen molar-refractivity contribution in [3.63, 3.8) is 0 Å². The first-order chi connectivity index (χ1) is 9.51. The molecular formula is C14H11Cl3N2O. The molecule has 0 aromatic heterocycles. The molecule has 0 bridgehead atoms. The molecule has 0 aliphatic carbocycles. The minimum Gasteiger partial charge on any atom is -0.326 e. The summed E-state index contributed by atoms with van der Waals surface area (Å²) in [6, 6.07) is 9.99. The molecule has 0 fully saturated rings. The van der Waals surface area contributed by atoms with Crippen molar-refractivity contribution in [1.82, 2.24) is 0 Å². The molecule has 0 saturated carbocycles. The smallest absolute Gasteiger partial charge is 0.255 e. The lowest BCUT2D eigenvalue weighted by atomic mass is 10.1. The zero-order valence-corrected chi connectivity index (χ0v) is 12.6. The lowest BCUT2D eigenvalue weighted by Gasteiger charge is -2.09. The van der Waals surface area contributed by atoms with Crippen LogP contribution in [0.25, 0.3) is 0 Å². The molecule has 3 N–H and O–H groups in total. The Balaban J connectivity index is 2.20. The minimum atomic E-state index is -0.283. The SMILES string of the molecule is NCc1ccc(C(=O)Nc2cc(Cl)c(Cl)cc2Cl)cc1. The van der Waals surface area contributed by atoms with E-state index in [1.165, 1.54) is 12.1 Å². The summed E-state index contributed by atoms with van der Waals surface area (Å²) < 4.78 is 0. The maximum atomic E-state index is 12.1. The van der Waals surface area contributed by atoms with Crippen LogP contribution >= 0.6 is 34.8 Å². The van der Waals surface area contributed by atoms with Crippen molar-refractivity contribution in [3.8, 4) is 0 Å². The molecule has 0 saturated heterocycles. The zero-order chi connectivity index (χ0) is 14.7. The van der Waals surface area contributed by atoms with Crippen molar-refractivity contribution in [3.05, 3.63) is 62.6 Å². The van der Waals surface area contributed by atoms with Gasteiger partial charge in [0.25, 0.3) is 5.91 Å². The fourth-order valence-electron chi connectivity index (χ4n) is 1.61. The van der Waals surface area contributed by atoms with Gasteiger partial charge in [-0.15, -0.1) is 0 Å². The number of benzene rings is 2. The Morgan fingerprint density at radius 2 is 1.60 bits per heavy atom. The summed E-state index contributed by atoms with van der Waals surface area (Å²) in [7, 11) is 0. The van der Waals surface area contributed by atoms with Gasteiger partial charge in [0.1, 0.15) is 0 Å². The molecule has 3 nitrogen and oxygen atoms in total. The van der Waals surface area contributed by atoms with E-state index in [9.17, 15) is 4.79 Å². The van der Waals surface area contributed by atoms with Gasteiger partial charge in [0.2, 0.25) is 0 Å². The fraction of sp³-hybridized carbons (Fsp3) is 0.0714. The summed E-state index contributed by atoms with van der Waals surface area (Å²) in [6.07, 6.45) is 0. The van der Waals surface area contributed by atoms with Crippen LogP contribution in [-0.2, 0) is 6.54 Å². The molecular weight excluding hydrogens is 319 g/mol. The maximum Gasteiger partial charge on any atom is 0.255 e. The van der Waals surface area contributed by atoms with Crippen molar-refractivity contribution in [2.24, 2.45) is 5.73 Å². The Bertz CT molecular complexity index is 642. The summed E-state index contributed by atoms with van der Waals surface area (Å²) in [5.74, 6) is -0.283. The van der Waals surface area contributed by atoms with Crippen LogP contribution in [0.4, 0.5) is 5.69 Å². The highest BCUT2D eigenvalue weighted by molar-refractivity contribution is 6.44. The molecule has 2 aromatic carbocycles. The Morgan fingerprint density at radius 3 is 2.20 bits per heavy atom. The number of rotatable bonds is 3. The van der Waals surface area contributed by atoms with E-state index in [0.29, 0.717) is 32.9 Å². The summed E-state index contributed by atoms with van der Waals surface area (Å²) in [6.45, 7) is 0.431. The van der Waals surface area contributed by atoms with Crippen LogP contribution in [0.3, 0.4) is 0 Å². The van der Waals surface area contributed by atoms with Gasteiger partial charge in [-0.05, 0) is 29.8 Å². The highest BCUT2D eigenvalue weighted by Crippen LogP contribution is 2.32. The third kappa shape index (κ3) is 3.44. The Hall–Kier alpha value is -1.26. The number of amides is 1. The van der Waals surface area contributed by atoms with Crippen LogP contribution in [0, 0.1) is 0 Å². The molecule has 2 rings (SSSR count). The lowest BCUT2D eigenvalue weighted by molar-refractivity contribution is 0.102. The van der Waals surface area contributed by atoms with Crippen LogP contribution in [0.5, 0.6) is 0 Å². The van der Waals surface area contributed by atoms with E-state index in [0.717, 1.165) is 5.56 Å². The molecule has 1 amide bonds. The Labute approximate surface area is 131 Å². The van der Waals surface area contributed by atoms with Crippen molar-refractivity contribution in [1.29, 1.82) is 0 Å². The molecule has 104 valence electrons. The lowest BCUT2D eigenvalue weighted by Crippen LogP contribution is -2.12. The predicted molar refractivity (Wildman–Crippen MR) is 83.8 cm³/mol. The van der Waals surface area contributed by atoms with Crippen molar-refractivity contribution >= 4 is 46.4 Å². The molecule has 0 radical (unpaired) electrons. The topological polar surface area (TPSA) is 55.1 Å². The van der Waals surface area contributed by atoms with Gasteiger partial charge in [0.15, 0.2) is 0 Å². The molecule has 0 heterocycles. The van der Waals surface area contributed by atoms with E-state index >= 15 is 0 Å². The van der Waals surface area contributed by atoms with E-state index in [1.54, 1.807) is 24.3 Å². The molecule has 0 aliphatic heterocycles.